The molecule has 0 radical (unpaired) electrons. The van der Waals surface area contributed by atoms with Crippen LogP contribution < -0.4 is 22.3 Å². The molecule has 1 rings (SSSR count). The Labute approximate surface area is 90.2 Å². The van der Waals surface area contributed by atoms with Gasteiger partial charge < -0.3 is 16.5 Å². The van der Waals surface area contributed by atoms with Crippen molar-refractivity contribution in [2.45, 2.75) is 20.8 Å². The maximum atomic E-state index is 5.88. The quantitative estimate of drug-likeness (QED) is 0.444. The molecule has 6 N–H and O–H groups in total. The van der Waals surface area contributed by atoms with Crippen LogP contribution in [0.3, 0.4) is 0 Å². The predicted molar refractivity (Wildman–Crippen MR) is 64.5 cm³/mol. The number of aryl methyl sites for hydroxylation is 1. The summed E-state index contributed by atoms with van der Waals surface area (Å²) in [4.78, 5) is 4.18. The lowest BCUT2D eigenvalue weighted by Crippen LogP contribution is -2.15. The molecule has 0 unspecified atom stereocenters. The summed E-state index contributed by atoms with van der Waals surface area (Å²) in [6.07, 6.45) is 0. The molecule has 0 aromatic carbocycles. The molecule has 0 spiro atoms. The van der Waals surface area contributed by atoms with E-state index in [1.165, 1.54) is 0 Å². The predicted octanol–water partition coefficient (Wildman–Crippen LogP) is 1.33. The van der Waals surface area contributed by atoms with Crippen molar-refractivity contribution >= 4 is 17.2 Å². The zero-order chi connectivity index (χ0) is 11.4. The number of nitrogens with zero attached hydrogens (tertiary/aromatic N) is 1. The summed E-state index contributed by atoms with van der Waals surface area (Å²) in [6, 6.07) is 1.92. The molecule has 0 saturated carbocycles. The van der Waals surface area contributed by atoms with Crippen LogP contribution in [0.4, 0.5) is 17.2 Å². The van der Waals surface area contributed by atoms with Crippen molar-refractivity contribution in [2.24, 2.45) is 11.8 Å². The van der Waals surface area contributed by atoms with Crippen molar-refractivity contribution < 1.29 is 0 Å². The van der Waals surface area contributed by atoms with Gasteiger partial charge in [0.05, 0.1) is 11.4 Å². The number of hydrogen-bond acceptors (Lipinski definition) is 5. The van der Waals surface area contributed by atoms with E-state index in [9.17, 15) is 0 Å². The molecular formula is C10H19N5. The van der Waals surface area contributed by atoms with Crippen molar-refractivity contribution in [2.75, 3.05) is 23.0 Å². The maximum Gasteiger partial charge on any atom is 0.165 e. The number of anilines is 3. The second-order valence-electron chi connectivity index (χ2n) is 3.99. The second-order valence-corrected chi connectivity index (χ2v) is 3.99. The number of nitrogens with one attached hydrogen (secondary N) is 2. The molecule has 0 atom stereocenters. The average Bonchev–Trinajstić information content (AvgIpc) is 2.18. The molecule has 84 valence electrons. The summed E-state index contributed by atoms with van der Waals surface area (Å²) in [5.74, 6) is 6.40. The van der Waals surface area contributed by atoms with E-state index >= 15 is 0 Å². The van der Waals surface area contributed by atoms with Crippen LogP contribution in [0.1, 0.15) is 19.5 Å². The fraction of sp³-hybridized carbons (Fsp3) is 0.500. The van der Waals surface area contributed by atoms with Crippen molar-refractivity contribution in [1.82, 2.24) is 4.98 Å². The highest BCUT2D eigenvalue weighted by Gasteiger charge is 2.07. The minimum absolute atomic E-state index is 0.515. The van der Waals surface area contributed by atoms with Crippen LogP contribution in [0.5, 0.6) is 0 Å². The number of nitrogen functional groups attached to an aromatic ring is 2. The highest BCUT2D eigenvalue weighted by atomic mass is 15.3. The van der Waals surface area contributed by atoms with Crippen LogP contribution >= 0.6 is 0 Å². The third-order valence-corrected chi connectivity index (χ3v) is 2.02. The Morgan fingerprint density at radius 1 is 1.47 bits per heavy atom. The van der Waals surface area contributed by atoms with E-state index in [1.54, 1.807) is 0 Å². The molecule has 15 heavy (non-hydrogen) atoms. The van der Waals surface area contributed by atoms with Gasteiger partial charge in [-0.3, -0.25) is 0 Å². The number of hydrazine groups is 1. The molecule has 0 saturated heterocycles. The summed E-state index contributed by atoms with van der Waals surface area (Å²) >= 11 is 0. The van der Waals surface area contributed by atoms with E-state index in [0.29, 0.717) is 17.4 Å². The Hall–Kier alpha value is -1.49. The van der Waals surface area contributed by atoms with Crippen molar-refractivity contribution in [3.05, 3.63) is 11.8 Å². The number of aromatic nitrogens is 1. The minimum Gasteiger partial charge on any atom is -0.394 e. The lowest BCUT2D eigenvalue weighted by molar-refractivity contribution is 0.689. The lowest BCUT2D eigenvalue weighted by Gasteiger charge is -2.14. The van der Waals surface area contributed by atoms with Crippen LogP contribution in [0.2, 0.25) is 0 Å². The molecular weight excluding hydrogens is 190 g/mol. The van der Waals surface area contributed by atoms with Crippen LogP contribution in [-0.2, 0) is 0 Å². The monoisotopic (exact) mass is 209 g/mol. The SMILES string of the molecule is Cc1cc(NCC(C)C)c(N)c(NN)n1. The molecule has 0 amide bonds. The van der Waals surface area contributed by atoms with Crippen LogP contribution in [-0.4, -0.2) is 11.5 Å². The first-order chi connectivity index (χ1) is 7.04. The number of hydrogen-bond donors (Lipinski definition) is 4. The highest BCUT2D eigenvalue weighted by molar-refractivity contribution is 5.77. The van der Waals surface area contributed by atoms with Gasteiger partial charge in [-0.2, -0.15) is 0 Å². The van der Waals surface area contributed by atoms with Gasteiger partial charge in [-0.25, -0.2) is 10.8 Å². The average molecular weight is 209 g/mol. The van der Waals surface area contributed by atoms with Gasteiger partial charge in [-0.1, -0.05) is 13.8 Å². The van der Waals surface area contributed by atoms with E-state index in [0.717, 1.165) is 17.9 Å². The number of nitrogens with two attached hydrogens (primary N) is 2. The molecule has 0 aliphatic rings. The summed E-state index contributed by atoms with van der Waals surface area (Å²) in [7, 11) is 0. The zero-order valence-corrected chi connectivity index (χ0v) is 9.46. The first kappa shape index (κ1) is 11.6. The molecule has 0 fully saturated rings. The van der Waals surface area contributed by atoms with E-state index in [2.05, 4.69) is 29.6 Å². The van der Waals surface area contributed by atoms with Gasteiger partial charge in [0.2, 0.25) is 0 Å². The standard InChI is InChI=1S/C10H19N5/c1-6(2)5-13-8-4-7(3)14-10(15-12)9(8)11/h4,6H,5,11-12H2,1-3H3,(H2,13,14,15). The van der Waals surface area contributed by atoms with Gasteiger partial charge in [0.15, 0.2) is 5.82 Å². The summed E-state index contributed by atoms with van der Waals surface area (Å²) in [5, 5.41) is 3.27. The van der Waals surface area contributed by atoms with Gasteiger partial charge in [0.25, 0.3) is 0 Å². The van der Waals surface area contributed by atoms with Crippen LogP contribution in [0.25, 0.3) is 0 Å². The van der Waals surface area contributed by atoms with Crippen LogP contribution in [0, 0.1) is 12.8 Å². The highest BCUT2D eigenvalue weighted by Crippen LogP contribution is 2.25. The Kier molecular flexibility index (Phi) is 3.74. The molecule has 1 aromatic rings. The fourth-order valence-corrected chi connectivity index (χ4v) is 1.25. The first-order valence-electron chi connectivity index (χ1n) is 5.02. The van der Waals surface area contributed by atoms with Crippen molar-refractivity contribution in [3.63, 3.8) is 0 Å². The van der Waals surface area contributed by atoms with Crippen LogP contribution in [0.15, 0.2) is 6.07 Å². The smallest absolute Gasteiger partial charge is 0.165 e. The molecule has 1 heterocycles. The molecule has 5 heteroatoms. The minimum atomic E-state index is 0.515. The molecule has 0 aliphatic carbocycles. The summed E-state index contributed by atoms with van der Waals surface area (Å²) in [6.45, 7) is 7.05. The Morgan fingerprint density at radius 2 is 2.13 bits per heavy atom. The Balaban J connectivity index is 2.91. The van der Waals surface area contributed by atoms with Crippen molar-refractivity contribution in [1.29, 1.82) is 0 Å². The largest absolute Gasteiger partial charge is 0.394 e. The van der Waals surface area contributed by atoms with Gasteiger partial charge in [0.1, 0.15) is 0 Å². The van der Waals surface area contributed by atoms with E-state index < -0.39 is 0 Å². The van der Waals surface area contributed by atoms with Gasteiger partial charge in [-0.15, -0.1) is 0 Å². The maximum absolute atomic E-state index is 5.88. The fourth-order valence-electron chi connectivity index (χ4n) is 1.25. The van der Waals surface area contributed by atoms with Crippen molar-refractivity contribution in [3.8, 4) is 0 Å². The zero-order valence-electron chi connectivity index (χ0n) is 9.46. The summed E-state index contributed by atoms with van der Waals surface area (Å²) in [5.41, 5.74) is 10.7. The Morgan fingerprint density at radius 3 is 2.67 bits per heavy atom. The molecule has 0 aliphatic heterocycles. The normalized spacial score (nSPS) is 10.5. The second kappa shape index (κ2) is 4.84. The van der Waals surface area contributed by atoms with E-state index in [-0.39, 0.29) is 0 Å². The van der Waals surface area contributed by atoms with Gasteiger partial charge in [-0.05, 0) is 18.9 Å². The number of pyridine rings is 1. The van der Waals surface area contributed by atoms with E-state index in [4.69, 9.17) is 11.6 Å². The first-order valence-corrected chi connectivity index (χ1v) is 5.02. The van der Waals surface area contributed by atoms with Gasteiger partial charge >= 0.3 is 0 Å². The molecule has 5 nitrogen and oxygen atoms in total. The Bertz CT molecular complexity index is 335. The number of rotatable bonds is 4. The third kappa shape index (κ3) is 2.99. The summed E-state index contributed by atoms with van der Waals surface area (Å²) < 4.78 is 0. The molecule has 0 bridgehead atoms. The third-order valence-electron chi connectivity index (χ3n) is 2.02. The van der Waals surface area contributed by atoms with Gasteiger partial charge in [0, 0.05) is 12.2 Å². The topological polar surface area (TPSA) is 89.0 Å². The molecule has 1 aromatic heterocycles. The van der Waals surface area contributed by atoms with E-state index in [1.807, 2.05) is 13.0 Å². The lowest BCUT2D eigenvalue weighted by atomic mass is 10.2.